The maximum atomic E-state index is 11.9. The summed E-state index contributed by atoms with van der Waals surface area (Å²) in [4.78, 5) is 8.68. The minimum atomic E-state index is -3.05. The van der Waals surface area contributed by atoms with Gasteiger partial charge in [0.25, 0.3) is 0 Å². The largest absolute Gasteiger partial charge is 0.372 e. The van der Waals surface area contributed by atoms with Crippen LogP contribution in [-0.2, 0) is 16.4 Å². The molecule has 1 aliphatic rings. The van der Waals surface area contributed by atoms with Crippen molar-refractivity contribution in [1.82, 2.24) is 14.3 Å². The van der Waals surface area contributed by atoms with Gasteiger partial charge in [-0.15, -0.1) is 0 Å². The smallest absolute Gasteiger partial charge is 0.213 e. The average Bonchev–Trinajstić information content (AvgIpc) is 2.74. The van der Waals surface area contributed by atoms with E-state index in [9.17, 15) is 8.42 Å². The van der Waals surface area contributed by atoms with Crippen molar-refractivity contribution in [3.8, 4) is 0 Å². The lowest BCUT2D eigenvalue weighted by atomic mass is 9.95. The van der Waals surface area contributed by atoms with Crippen LogP contribution in [-0.4, -0.2) is 48.6 Å². The number of rotatable bonds is 5. The zero-order chi connectivity index (χ0) is 15.3. The Hall–Kier alpha value is -1.21. The van der Waals surface area contributed by atoms with Crippen LogP contribution in [0.3, 0.4) is 0 Å². The van der Waals surface area contributed by atoms with Gasteiger partial charge >= 0.3 is 0 Å². The summed E-state index contributed by atoms with van der Waals surface area (Å²) in [6, 6.07) is 0. The summed E-state index contributed by atoms with van der Waals surface area (Å²) in [5.74, 6) is 1.44. The van der Waals surface area contributed by atoms with Crippen LogP contribution < -0.4 is 5.32 Å². The van der Waals surface area contributed by atoms with Gasteiger partial charge in [0.15, 0.2) is 0 Å². The van der Waals surface area contributed by atoms with Crippen LogP contribution in [0.2, 0.25) is 0 Å². The van der Waals surface area contributed by atoms with E-state index in [0.29, 0.717) is 19.0 Å². The van der Waals surface area contributed by atoms with Gasteiger partial charge in [0.05, 0.1) is 23.8 Å². The Balaban J connectivity index is 1.93. The molecule has 7 heteroatoms. The number of hydrogen-bond acceptors (Lipinski definition) is 5. The second-order valence-electron chi connectivity index (χ2n) is 5.44. The lowest BCUT2D eigenvalue weighted by Gasteiger charge is -2.19. The van der Waals surface area contributed by atoms with E-state index in [1.165, 1.54) is 0 Å². The van der Waals surface area contributed by atoms with Gasteiger partial charge in [-0.2, -0.15) is 0 Å². The predicted molar refractivity (Wildman–Crippen MR) is 83.7 cm³/mol. The van der Waals surface area contributed by atoms with Gasteiger partial charge in [-0.1, -0.05) is 0 Å². The summed E-state index contributed by atoms with van der Waals surface area (Å²) < 4.78 is 25.5. The molecule has 0 saturated carbocycles. The normalized spacial score (nSPS) is 21.0. The molecular formula is C14H24N4O2S. The molecule has 0 spiro atoms. The second-order valence-corrected chi connectivity index (χ2v) is 7.70. The predicted octanol–water partition coefficient (Wildman–Crippen LogP) is 1.51. The minimum Gasteiger partial charge on any atom is -0.372 e. The fraction of sp³-hybridized carbons (Fsp3) is 0.714. The third-order valence-corrected chi connectivity index (χ3v) is 5.91. The van der Waals surface area contributed by atoms with Crippen LogP contribution in [0.5, 0.6) is 0 Å². The lowest BCUT2D eigenvalue weighted by Crippen LogP contribution is -2.33. The quantitative estimate of drug-likeness (QED) is 0.892. The van der Waals surface area contributed by atoms with Gasteiger partial charge in [-0.05, 0) is 38.5 Å². The van der Waals surface area contributed by atoms with Crippen LogP contribution in [0.15, 0.2) is 12.4 Å². The maximum Gasteiger partial charge on any atom is 0.213 e. The second kappa shape index (κ2) is 7.17. The summed E-state index contributed by atoms with van der Waals surface area (Å²) in [6.45, 7) is 2.98. The van der Waals surface area contributed by atoms with Crippen LogP contribution in [0.4, 0.5) is 5.82 Å². The van der Waals surface area contributed by atoms with Crippen LogP contribution in [0.25, 0.3) is 0 Å². The van der Waals surface area contributed by atoms with Crippen LogP contribution in [0, 0.1) is 5.92 Å². The first-order valence-electron chi connectivity index (χ1n) is 7.51. The Labute approximate surface area is 127 Å². The highest BCUT2D eigenvalue weighted by atomic mass is 32.2. The lowest BCUT2D eigenvalue weighted by molar-refractivity contribution is 0.410. The van der Waals surface area contributed by atoms with Gasteiger partial charge < -0.3 is 5.32 Å². The zero-order valence-electron chi connectivity index (χ0n) is 12.7. The van der Waals surface area contributed by atoms with Gasteiger partial charge in [0.1, 0.15) is 5.82 Å². The van der Waals surface area contributed by atoms with E-state index in [1.54, 1.807) is 23.6 Å². The van der Waals surface area contributed by atoms with Crippen molar-refractivity contribution in [2.24, 2.45) is 5.92 Å². The number of hydrogen-bond donors (Lipinski definition) is 1. The van der Waals surface area contributed by atoms with E-state index in [0.717, 1.165) is 37.2 Å². The average molecular weight is 312 g/mol. The molecule has 0 aliphatic carbocycles. The SMILES string of the molecule is CCS(=O)(=O)N1CCC[C@@H](Cc2cnc(NC)cn2)CC1. The van der Waals surface area contributed by atoms with Crippen molar-refractivity contribution in [2.45, 2.75) is 32.6 Å². The Kier molecular flexibility index (Phi) is 5.52. The molecular weight excluding hydrogens is 288 g/mol. The molecule has 1 aromatic rings. The van der Waals surface area contributed by atoms with Crippen molar-refractivity contribution < 1.29 is 8.42 Å². The fourth-order valence-electron chi connectivity index (χ4n) is 2.69. The van der Waals surface area contributed by atoms with E-state index in [1.807, 2.05) is 7.05 Å². The Morgan fingerprint density at radius 1 is 1.29 bits per heavy atom. The van der Waals surface area contributed by atoms with E-state index >= 15 is 0 Å². The van der Waals surface area contributed by atoms with Crippen LogP contribution >= 0.6 is 0 Å². The topological polar surface area (TPSA) is 75.2 Å². The molecule has 6 nitrogen and oxygen atoms in total. The number of nitrogens with zero attached hydrogens (tertiary/aromatic N) is 3. The molecule has 1 atom stereocenters. The van der Waals surface area contributed by atoms with E-state index in [4.69, 9.17) is 0 Å². The molecule has 1 aliphatic heterocycles. The molecule has 2 rings (SSSR count). The first kappa shape index (κ1) is 16.2. The molecule has 118 valence electrons. The van der Waals surface area contributed by atoms with Gasteiger partial charge in [0, 0.05) is 20.1 Å². The van der Waals surface area contributed by atoms with Crippen molar-refractivity contribution >= 4 is 15.8 Å². The van der Waals surface area contributed by atoms with Gasteiger partial charge in [0.2, 0.25) is 10.0 Å². The van der Waals surface area contributed by atoms with E-state index in [-0.39, 0.29) is 5.75 Å². The van der Waals surface area contributed by atoms with E-state index < -0.39 is 10.0 Å². The number of anilines is 1. The number of aromatic nitrogens is 2. The minimum absolute atomic E-state index is 0.189. The molecule has 1 saturated heterocycles. The summed E-state index contributed by atoms with van der Waals surface area (Å²) in [5.41, 5.74) is 0.978. The first-order chi connectivity index (χ1) is 10.0. The third-order valence-electron chi connectivity index (χ3n) is 4.02. The van der Waals surface area contributed by atoms with Crippen molar-refractivity contribution in [3.05, 3.63) is 18.1 Å². The van der Waals surface area contributed by atoms with Gasteiger partial charge in [-0.3, -0.25) is 4.98 Å². The van der Waals surface area contributed by atoms with E-state index in [2.05, 4.69) is 15.3 Å². The molecule has 0 radical (unpaired) electrons. The number of sulfonamides is 1. The standard InChI is InChI=1S/C14H24N4O2S/c1-3-21(19,20)18-7-4-5-12(6-8-18)9-13-10-17-14(15-2)11-16-13/h10-12H,3-9H2,1-2H3,(H,15,17)/t12-/m1/s1. The summed E-state index contributed by atoms with van der Waals surface area (Å²) in [7, 11) is -1.24. The Morgan fingerprint density at radius 3 is 2.71 bits per heavy atom. The third kappa shape index (κ3) is 4.38. The molecule has 0 bridgehead atoms. The molecule has 0 aromatic carbocycles. The monoisotopic (exact) mass is 312 g/mol. The molecule has 0 amide bonds. The Morgan fingerprint density at radius 2 is 2.10 bits per heavy atom. The molecule has 21 heavy (non-hydrogen) atoms. The van der Waals surface area contributed by atoms with Crippen molar-refractivity contribution in [3.63, 3.8) is 0 Å². The van der Waals surface area contributed by atoms with Crippen molar-refractivity contribution in [1.29, 1.82) is 0 Å². The highest BCUT2D eigenvalue weighted by molar-refractivity contribution is 7.89. The molecule has 1 N–H and O–H groups in total. The molecule has 2 heterocycles. The summed E-state index contributed by atoms with van der Waals surface area (Å²) in [6.07, 6.45) is 7.28. The van der Waals surface area contributed by atoms with Gasteiger partial charge in [-0.25, -0.2) is 17.7 Å². The first-order valence-corrected chi connectivity index (χ1v) is 9.12. The molecule has 1 fully saturated rings. The van der Waals surface area contributed by atoms with Crippen LogP contribution in [0.1, 0.15) is 31.9 Å². The molecule has 0 unspecified atom stereocenters. The Bertz CT molecular complexity index is 545. The highest BCUT2D eigenvalue weighted by Gasteiger charge is 2.24. The molecule has 1 aromatic heterocycles. The van der Waals surface area contributed by atoms with Crippen molar-refractivity contribution in [2.75, 3.05) is 31.2 Å². The summed E-state index contributed by atoms with van der Waals surface area (Å²) >= 11 is 0. The maximum absolute atomic E-state index is 11.9. The highest BCUT2D eigenvalue weighted by Crippen LogP contribution is 2.22. The fourth-order valence-corrected chi connectivity index (χ4v) is 3.84. The zero-order valence-corrected chi connectivity index (χ0v) is 13.6. The summed E-state index contributed by atoms with van der Waals surface area (Å²) in [5, 5.41) is 2.95. The number of nitrogens with one attached hydrogen (secondary N) is 1.